The zero-order chi connectivity index (χ0) is 9.14. The molecule has 12 heavy (non-hydrogen) atoms. The van der Waals surface area contributed by atoms with Crippen molar-refractivity contribution in [1.82, 2.24) is 3.96 Å². The number of halogens is 2. The minimum Gasteiger partial charge on any atom is -0.267 e. The molecule has 0 aromatic carbocycles. The Morgan fingerprint density at radius 1 is 1.67 bits per heavy atom. The maximum absolute atomic E-state index is 11.3. The summed E-state index contributed by atoms with van der Waals surface area (Å²) in [6.45, 7) is 2.86. The van der Waals surface area contributed by atoms with Gasteiger partial charge in [-0.15, -0.1) is 0 Å². The number of hydrogen-bond acceptors (Lipinski definition) is 2. The minimum absolute atomic E-state index is 0.0153. The van der Waals surface area contributed by atoms with Crippen LogP contribution in [0.1, 0.15) is 19.8 Å². The van der Waals surface area contributed by atoms with Crippen LogP contribution in [0.15, 0.2) is 9.27 Å². The van der Waals surface area contributed by atoms with Crippen LogP contribution in [0.4, 0.5) is 0 Å². The van der Waals surface area contributed by atoms with Gasteiger partial charge in [0.15, 0.2) is 0 Å². The van der Waals surface area contributed by atoms with Gasteiger partial charge in [-0.05, 0) is 33.9 Å². The van der Waals surface area contributed by atoms with E-state index >= 15 is 0 Å². The van der Waals surface area contributed by atoms with E-state index in [2.05, 4.69) is 22.9 Å². The summed E-state index contributed by atoms with van der Waals surface area (Å²) in [5.74, 6) is 0. The lowest BCUT2D eigenvalue weighted by Crippen LogP contribution is -2.13. The molecule has 0 amide bonds. The Labute approximate surface area is 88.4 Å². The number of hydrogen-bond donors (Lipinski definition) is 0. The Morgan fingerprint density at radius 3 is 2.75 bits per heavy atom. The van der Waals surface area contributed by atoms with Crippen molar-refractivity contribution in [1.29, 1.82) is 0 Å². The molecule has 0 saturated heterocycles. The van der Waals surface area contributed by atoms with Gasteiger partial charge < -0.3 is 0 Å². The fraction of sp³-hybridized carbons (Fsp3) is 0.571. The molecule has 0 N–H and O–H groups in total. The van der Waals surface area contributed by atoms with Gasteiger partial charge in [0.05, 0.1) is 0 Å². The molecule has 0 fully saturated rings. The van der Waals surface area contributed by atoms with E-state index in [4.69, 9.17) is 11.6 Å². The van der Waals surface area contributed by atoms with Gasteiger partial charge in [0.1, 0.15) is 8.81 Å². The van der Waals surface area contributed by atoms with Crippen LogP contribution >= 0.6 is 39.1 Å². The molecule has 0 unspecified atom stereocenters. The van der Waals surface area contributed by atoms with Gasteiger partial charge in [-0.3, -0.25) is 8.75 Å². The van der Waals surface area contributed by atoms with Crippen molar-refractivity contribution in [2.24, 2.45) is 0 Å². The van der Waals surface area contributed by atoms with Gasteiger partial charge in [-0.1, -0.05) is 24.9 Å². The molecule has 0 aliphatic heterocycles. The number of aromatic nitrogens is 1. The first-order chi connectivity index (χ1) is 5.66. The molecule has 1 aromatic rings. The van der Waals surface area contributed by atoms with Crippen molar-refractivity contribution in [3.8, 4) is 0 Å². The first-order valence-corrected chi connectivity index (χ1v) is 5.66. The summed E-state index contributed by atoms with van der Waals surface area (Å²) in [4.78, 5) is 11.3. The molecule has 0 atom stereocenters. The van der Waals surface area contributed by atoms with Gasteiger partial charge in [-0.2, -0.15) is 0 Å². The highest BCUT2D eigenvalue weighted by atomic mass is 79.9. The standard InChI is InChI=1S/C7H9BrClNOS/c1-2-3-4-10-7(11)5(8)6(9)12-10/h2-4H2,1H3. The minimum atomic E-state index is -0.0153. The molecule has 0 bridgehead atoms. The maximum atomic E-state index is 11.3. The monoisotopic (exact) mass is 269 g/mol. The quantitative estimate of drug-likeness (QED) is 0.827. The molecule has 0 spiro atoms. The van der Waals surface area contributed by atoms with Gasteiger partial charge in [0.2, 0.25) is 0 Å². The SMILES string of the molecule is CCCCn1sc(Cl)c(Br)c1=O. The van der Waals surface area contributed by atoms with E-state index in [0.29, 0.717) is 8.81 Å². The average Bonchev–Trinajstić information content (AvgIpc) is 2.30. The predicted octanol–water partition coefficient (Wildman–Crippen LogP) is 3.13. The summed E-state index contributed by atoms with van der Waals surface area (Å²) in [5.41, 5.74) is -0.0153. The number of rotatable bonds is 3. The Hall–Kier alpha value is 0.200. The van der Waals surface area contributed by atoms with E-state index in [1.807, 2.05) is 0 Å². The third-order valence-corrected chi connectivity index (χ3v) is 4.05. The third kappa shape index (κ3) is 2.12. The fourth-order valence-electron chi connectivity index (χ4n) is 0.821. The van der Waals surface area contributed by atoms with Crippen LogP contribution in [0, 0.1) is 0 Å². The summed E-state index contributed by atoms with van der Waals surface area (Å²) < 4.78 is 2.71. The van der Waals surface area contributed by atoms with Crippen LogP contribution in [0.25, 0.3) is 0 Å². The lowest BCUT2D eigenvalue weighted by molar-refractivity contribution is 0.657. The summed E-state index contributed by atoms with van der Waals surface area (Å²) in [7, 11) is 0. The molecule has 0 aliphatic carbocycles. The van der Waals surface area contributed by atoms with Crippen LogP contribution in [-0.2, 0) is 6.54 Å². The highest BCUT2D eigenvalue weighted by Crippen LogP contribution is 2.23. The topological polar surface area (TPSA) is 22.0 Å². The first-order valence-electron chi connectivity index (χ1n) is 3.72. The van der Waals surface area contributed by atoms with E-state index in [0.717, 1.165) is 19.4 Å². The summed E-state index contributed by atoms with van der Waals surface area (Å²) in [6.07, 6.45) is 2.10. The lowest BCUT2D eigenvalue weighted by Gasteiger charge is -1.95. The Balaban J connectivity index is 2.87. The van der Waals surface area contributed by atoms with Gasteiger partial charge in [-0.25, -0.2) is 0 Å². The average molecular weight is 271 g/mol. The van der Waals surface area contributed by atoms with E-state index in [9.17, 15) is 4.79 Å². The zero-order valence-corrected chi connectivity index (χ0v) is 9.80. The van der Waals surface area contributed by atoms with Gasteiger partial charge >= 0.3 is 0 Å². The third-order valence-electron chi connectivity index (χ3n) is 1.49. The Morgan fingerprint density at radius 2 is 2.33 bits per heavy atom. The number of aryl methyl sites for hydroxylation is 1. The van der Waals surface area contributed by atoms with E-state index in [-0.39, 0.29) is 5.56 Å². The molecular formula is C7H9BrClNOS. The second kappa shape index (κ2) is 4.44. The van der Waals surface area contributed by atoms with Crippen LogP contribution in [0.2, 0.25) is 4.34 Å². The zero-order valence-electron chi connectivity index (χ0n) is 6.64. The van der Waals surface area contributed by atoms with Crippen molar-refractivity contribution < 1.29 is 0 Å². The smallest absolute Gasteiger partial charge is 0.267 e. The summed E-state index contributed by atoms with van der Waals surface area (Å²) >= 11 is 10.2. The van der Waals surface area contributed by atoms with Gasteiger partial charge in [0.25, 0.3) is 5.56 Å². The van der Waals surface area contributed by atoms with Crippen LogP contribution < -0.4 is 5.56 Å². The van der Waals surface area contributed by atoms with E-state index < -0.39 is 0 Å². The van der Waals surface area contributed by atoms with Crippen molar-refractivity contribution in [3.05, 3.63) is 19.2 Å². The molecule has 1 aromatic heterocycles. The van der Waals surface area contributed by atoms with Gasteiger partial charge in [0, 0.05) is 6.54 Å². The van der Waals surface area contributed by atoms with Crippen LogP contribution in [-0.4, -0.2) is 3.96 Å². The van der Waals surface area contributed by atoms with Crippen molar-refractivity contribution in [2.75, 3.05) is 0 Å². The van der Waals surface area contributed by atoms with Crippen LogP contribution in [0.3, 0.4) is 0 Å². The normalized spacial score (nSPS) is 10.6. The van der Waals surface area contributed by atoms with E-state index in [1.165, 1.54) is 11.5 Å². The molecule has 1 rings (SSSR count). The second-order valence-electron chi connectivity index (χ2n) is 2.44. The fourth-order valence-corrected chi connectivity index (χ4v) is 2.46. The molecule has 1 heterocycles. The molecule has 5 heteroatoms. The molecule has 0 aliphatic rings. The Bertz CT molecular complexity index is 320. The highest BCUT2D eigenvalue weighted by Gasteiger charge is 2.09. The van der Waals surface area contributed by atoms with Crippen molar-refractivity contribution in [2.45, 2.75) is 26.3 Å². The number of nitrogens with zero attached hydrogens (tertiary/aromatic N) is 1. The largest absolute Gasteiger partial charge is 0.276 e. The molecule has 0 radical (unpaired) electrons. The van der Waals surface area contributed by atoms with Crippen molar-refractivity contribution >= 4 is 39.1 Å². The first kappa shape index (κ1) is 10.3. The highest BCUT2D eigenvalue weighted by molar-refractivity contribution is 9.10. The molecular weight excluding hydrogens is 262 g/mol. The lowest BCUT2D eigenvalue weighted by atomic mass is 10.3. The van der Waals surface area contributed by atoms with E-state index in [1.54, 1.807) is 3.96 Å². The maximum Gasteiger partial charge on any atom is 0.276 e. The Kier molecular flexibility index (Phi) is 3.80. The molecule has 0 saturated carbocycles. The summed E-state index contributed by atoms with van der Waals surface area (Å²) in [6, 6.07) is 0. The molecule has 68 valence electrons. The van der Waals surface area contributed by atoms with Crippen LogP contribution in [0.5, 0.6) is 0 Å². The second-order valence-corrected chi connectivity index (χ2v) is 4.87. The summed E-state index contributed by atoms with van der Waals surface area (Å²) in [5, 5.41) is 0. The number of unbranched alkanes of at least 4 members (excludes halogenated alkanes) is 1. The predicted molar refractivity (Wildman–Crippen MR) is 56.2 cm³/mol. The van der Waals surface area contributed by atoms with Crippen molar-refractivity contribution in [3.63, 3.8) is 0 Å². The molecule has 2 nitrogen and oxygen atoms in total.